The number of rotatable bonds is 2. The molecule has 0 bridgehead atoms. The molecule has 7 heteroatoms. The van der Waals surface area contributed by atoms with Gasteiger partial charge in [0.2, 0.25) is 5.78 Å². The summed E-state index contributed by atoms with van der Waals surface area (Å²) in [6.45, 7) is 0. The average molecular weight is 337 g/mol. The normalized spacial score (nSPS) is 11.6. The van der Waals surface area contributed by atoms with Crippen molar-refractivity contribution in [2.75, 3.05) is 0 Å². The van der Waals surface area contributed by atoms with Crippen LogP contribution in [-0.2, 0) is 6.18 Å². The molecule has 2 rings (SSSR count). The number of hydrogen-bond acceptors (Lipinski definition) is 2. The number of ketones is 1. The number of hydrogen-bond donors (Lipinski definition) is 0. The topological polar surface area (TPSA) is 30.2 Å². The summed E-state index contributed by atoms with van der Waals surface area (Å²) in [6.07, 6.45) is -3.48. The van der Waals surface area contributed by atoms with Crippen LogP contribution in [0.25, 0.3) is 0 Å². The van der Waals surface area contributed by atoms with Crippen LogP contribution < -0.4 is 0 Å². The number of furan rings is 1. The Labute approximate surface area is 113 Å². The van der Waals surface area contributed by atoms with Crippen LogP contribution in [0.5, 0.6) is 0 Å². The van der Waals surface area contributed by atoms with E-state index in [0.717, 1.165) is 0 Å². The fourth-order valence-electron chi connectivity index (χ4n) is 1.45. The second-order valence-electron chi connectivity index (χ2n) is 3.62. The van der Waals surface area contributed by atoms with Gasteiger partial charge in [-0.25, -0.2) is 4.39 Å². The molecule has 0 amide bonds. The second-order valence-corrected chi connectivity index (χ2v) is 4.47. The minimum Gasteiger partial charge on any atom is -0.460 e. The summed E-state index contributed by atoms with van der Waals surface area (Å²) in [5.74, 6) is -2.25. The molecule has 0 saturated heterocycles. The number of halogens is 5. The Morgan fingerprint density at radius 1 is 1.21 bits per heavy atom. The zero-order valence-corrected chi connectivity index (χ0v) is 10.7. The first-order chi connectivity index (χ1) is 8.80. The summed E-state index contributed by atoms with van der Waals surface area (Å²) >= 11 is 2.99. The Kier molecular flexibility index (Phi) is 3.49. The lowest BCUT2D eigenvalue weighted by Crippen LogP contribution is -2.10. The molecule has 0 atom stereocenters. The summed E-state index contributed by atoms with van der Waals surface area (Å²) < 4.78 is 56.1. The van der Waals surface area contributed by atoms with Gasteiger partial charge < -0.3 is 4.42 Å². The molecular formula is C12H5BrF4O2. The fourth-order valence-corrected chi connectivity index (χ4v) is 1.84. The third kappa shape index (κ3) is 2.70. The van der Waals surface area contributed by atoms with Crippen molar-refractivity contribution >= 4 is 21.7 Å². The monoisotopic (exact) mass is 336 g/mol. The molecule has 0 aliphatic heterocycles. The highest BCUT2D eigenvalue weighted by Gasteiger charge is 2.32. The maximum atomic E-state index is 13.5. The van der Waals surface area contributed by atoms with Crippen LogP contribution in [0.1, 0.15) is 21.7 Å². The molecule has 0 aliphatic rings. The molecule has 0 radical (unpaired) electrons. The van der Waals surface area contributed by atoms with Gasteiger partial charge >= 0.3 is 6.18 Å². The Morgan fingerprint density at radius 3 is 2.42 bits per heavy atom. The first-order valence-electron chi connectivity index (χ1n) is 4.95. The van der Waals surface area contributed by atoms with E-state index < -0.39 is 28.9 Å². The summed E-state index contributed by atoms with van der Waals surface area (Å²) in [7, 11) is 0. The van der Waals surface area contributed by atoms with Gasteiger partial charge in [0, 0.05) is 0 Å². The Balaban J connectivity index is 2.51. The van der Waals surface area contributed by atoms with Crippen molar-refractivity contribution in [1.29, 1.82) is 0 Å². The van der Waals surface area contributed by atoms with Crippen LogP contribution in [0.3, 0.4) is 0 Å². The fraction of sp³-hybridized carbons (Fsp3) is 0.0833. The maximum absolute atomic E-state index is 13.5. The van der Waals surface area contributed by atoms with E-state index in [0.29, 0.717) is 18.2 Å². The van der Waals surface area contributed by atoms with Gasteiger partial charge in [-0.05, 0) is 40.2 Å². The summed E-state index contributed by atoms with van der Waals surface area (Å²) in [5.41, 5.74) is -1.79. The van der Waals surface area contributed by atoms with Crippen molar-refractivity contribution in [1.82, 2.24) is 0 Å². The van der Waals surface area contributed by atoms with E-state index in [2.05, 4.69) is 15.9 Å². The summed E-state index contributed by atoms with van der Waals surface area (Å²) in [6, 6.07) is 3.03. The molecular weight excluding hydrogens is 332 g/mol. The van der Waals surface area contributed by atoms with Gasteiger partial charge in [-0.1, -0.05) is 0 Å². The SMILES string of the molecule is O=C(c1cc(C(F)(F)F)ccc1F)c1occc1Br. The molecule has 2 nitrogen and oxygen atoms in total. The van der Waals surface area contributed by atoms with Gasteiger partial charge in [-0.15, -0.1) is 0 Å². The van der Waals surface area contributed by atoms with E-state index in [1.807, 2.05) is 0 Å². The number of alkyl halides is 3. The Bertz CT molecular complexity index is 631. The van der Waals surface area contributed by atoms with Crippen LogP contribution in [0.2, 0.25) is 0 Å². The molecule has 1 heterocycles. The van der Waals surface area contributed by atoms with Gasteiger partial charge in [0.15, 0.2) is 5.76 Å². The molecule has 0 aliphatic carbocycles. The van der Waals surface area contributed by atoms with E-state index in [1.54, 1.807) is 0 Å². The zero-order valence-electron chi connectivity index (χ0n) is 9.09. The van der Waals surface area contributed by atoms with E-state index in [1.165, 1.54) is 12.3 Å². The van der Waals surface area contributed by atoms with E-state index in [9.17, 15) is 22.4 Å². The lowest BCUT2D eigenvalue weighted by Gasteiger charge is -2.08. The molecule has 1 aromatic heterocycles. The third-order valence-electron chi connectivity index (χ3n) is 2.36. The Hall–Kier alpha value is -1.63. The first kappa shape index (κ1) is 13.8. The number of carbonyl (C=O) groups excluding carboxylic acids is 1. The summed E-state index contributed by atoms with van der Waals surface area (Å²) in [5, 5.41) is 0. The molecule has 0 saturated carbocycles. The van der Waals surface area contributed by atoms with Gasteiger partial charge in [-0.2, -0.15) is 13.2 Å². The predicted molar refractivity (Wildman–Crippen MR) is 61.2 cm³/mol. The molecule has 0 spiro atoms. The van der Waals surface area contributed by atoms with Crippen molar-refractivity contribution < 1.29 is 26.8 Å². The molecule has 19 heavy (non-hydrogen) atoms. The zero-order chi connectivity index (χ0) is 14.2. The van der Waals surface area contributed by atoms with Gasteiger partial charge in [-0.3, -0.25) is 4.79 Å². The molecule has 100 valence electrons. The third-order valence-corrected chi connectivity index (χ3v) is 2.99. The van der Waals surface area contributed by atoms with Crippen LogP contribution >= 0.6 is 15.9 Å². The predicted octanol–water partition coefficient (Wildman–Crippen LogP) is 4.43. The number of carbonyl (C=O) groups is 1. The minimum atomic E-state index is -4.65. The van der Waals surface area contributed by atoms with Crippen LogP contribution in [0, 0.1) is 5.82 Å². The van der Waals surface area contributed by atoms with Gasteiger partial charge in [0.05, 0.1) is 21.9 Å². The highest BCUT2D eigenvalue weighted by molar-refractivity contribution is 9.10. The maximum Gasteiger partial charge on any atom is 0.416 e. The first-order valence-corrected chi connectivity index (χ1v) is 5.74. The van der Waals surface area contributed by atoms with Crippen LogP contribution in [-0.4, -0.2) is 5.78 Å². The van der Waals surface area contributed by atoms with Crippen LogP contribution in [0.15, 0.2) is 39.4 Å². The van der Waals surface area contributed by atoms with E-state index in [-0.39, 0.29) is 10.2 Å². The molecule has 0 N–H and O–H groups in total. The second kappa shape index (κ2) is 4.80. The lowest BCUT2D eigenvalue weighted by atomic mass is 10.0. The van der Waals surface area contributed by atoms with E-state index in [4.69, 9.17) is 4.42 Å². The average Bonchev–Trinajstić information content (AvgIpc) is 2.73. The standard InChI is InChI=1S/C12H5BrF4O2/c13-8-3-4-19-11(8)10(18)7-5-6(12(15,16)17)1-2-9(7)14/h1-5H. The minimum absolute atomic E-state index is 0.245. The molecule has 0 fully saturated rings. The molecule has 2 aromatic rings. The van der Waals surface area contributed by atoms with Crippen LogP contribution in [0.4, 0.5) is 17.6 Å². The van der Waals surface area contributed by atoms with Crippen molar-refractivity contribution in [3.63, 3.8) is 0 Å². The van der Waals surface area contributed by atoms with Crippen molar-refractivity contribution in [2.24, 2.45) is 0 Å². The van der Waals surface area contributed by atoms with Crippen molar-refractivity contribution in [2.45, 2.75) is 6.18 Å². The largest absolute Gasteiger partial charge is 0.460 e. The highest BCUT2D eigenvalue weighted by atomic mass is 79.9. The van der Waals surface area contributed by atoms with Crippen molar-refractivity contribution in [3.8, 4) is 0 Å². The number of benzene rings is 1. The lowest BCUT2D eigenvalue weighted by molar-refractivity contribution is -0.137. The van der Waals surface area contributed by atoms with Gasteiger partial charge in [0.25, 0.3) is 0 Å². The smallest absolute Gasteiger partial charge is 0.416 e. The summed E-state index contributed by atoms with van der Waals surface area (Å²) in [4.78, 5) is 11.9. The van der Waals surface area contributed by atoms with Gasteiger partial charge in [0.1, 0.15) is 5.82 Å². The molecule has 1 aromatic carbocycles. The Morgan fingerprint density at radius 2 is 1.89 bits per heavy atom. The highest BCUT2D eigenvalue weighted by Crippen LogP contribution is 2.31. The van der Waals surface area contributed by atoms with E-state index >= 15 is 0 Å². The van der Waals surface area contributed by atoms with Crippen molar-refractivity contribution in [3.05, 3.63) is 57.7 Å². The molecule has 0 unspecified atom stereocenters. The quantitative estimate of drug-likeness (QED) is 0.599.